The van der Waals surface area contributed by atoms with E-state index < -0.39 is 15.8 Å². The fourth-order valence-electron chi connectivity index (χ4n) is 3.38. The molecule has 0 spiro atoms. The van der Waals surface area contributed by atoms with Gasteiger partial charge in [-0.15, -0.1) is 0 Å². The molecule has 26 heavy (non-hydrogen) atoms. The van der Waals surface area contributed by atoms with Crippen molar-refractivity contribution >= 4 is 15.9 Å². The van der Waals surface area contributed by atoms with E-state index in [4.69, 9.17) is 0 Å². The van der Waals surface area contributed by atoms with Gasteiger partial charge in [0.1, 0.15) is 5.82 Å². The van der Waals surface area contributed by atoms with Crippen LogP contribution in [0, 0.1) is 11.7 Å². The molecule has 0 aliphatic heterocycles. The predicted octanol–water partition coefficient (Wildman–Crippen LogP) is 3.31. The van der Waals surface area contributed by atoms with E-state index in [9.17, 15) is 17.6 Å². The average molecular weight is 385 g/mol. The van der Waals surface area contributed by atoms with Crippen molar-refractivity contribution in [3.63, 3.8) is 0 Å². The third-order valence-corrected chi connectivity index (χ3v) is 7.06. The molecule has 1 N–H and O–H groups in total. The summed E-state index contributed by atoms with van der Waals surface area (Å²) in [6, 6.07) is 5.01. The number of benzene rings is 1. The Balaban J connectivity index is 1.74. The van der Waals surface area contributed by atoms with Crippen LogP contribution in [0.3, 0.4) is 0 Å². The van der Waals surface area contributed by atoms with Gasteiger partial charge in [-0.05, 0) is 62.3 Å². The Bertz CT molecular complexity index is 683. The van der Waals surface area contributed by atoms with Crippen LogP contribution in [-0.2, 0) is 14.8 Å². The van der Waals surface area contributed by atoms with E-state index in [0.717, 1.165) is 30.9 Å². The van der Waals surface area contributed by atoms with Crippen LogP contribution in [-0.4, -0.2) is 38.3 Å². The van der Waals surface area contributed by atoms with E-state index in [-0.39, 0.29) is 23.4 Å². The van der Waals surface area contributed by atoms with E-state index in [2.05, 4.69) is 12.2 Å². The van der Waals surface area contributed by atoms with E-state index in [1.165, 1.54) is 42.7 Å². The first-order valence-corrected chi connectivity index (χ1v) is 10.8. The lowest BCUT2D eigenvalue weighted by Gasteiger charge is -2.28. The van der Waals surface area contributed by atoms with Crippen LogP contribution in [0.2, 0.25) is 0 Å². The number of hydrogen-bond acceptors (Lipinski definition) is 3. The number of carbonyl (C=O) groups is 1. The molecule has 0 heterocycles. The molecule has 1 amide bonds. The van der Waals surface area contributed by atoms with Gasteiger partial charge in [0.05, 0.1) is 4.90 Å². The quantitative estimate of drug-likeness (QED) is 0.748. The van der Waals surface area contributed by atoms with Gasteiger partial charge >= 0.3 is 0 Å². The number of sulfonamides is 1. The van der Waals surface area contributed by atoms with Gasteiger partial charge in [0, 0.05) is 26.1 Å². The molecule has 0 bridgehead atoms. The van der Waals surface area contributed by atoms with Gasteiger partial charge in [0.25, 0.3) is 0 Å². The first-order valence-electron chi connectivity index (χ1n) is 9.34. The Kier molecular flexibility index (Phi) is 7.58. The number of halogens is 1. The summed E-state index contributed by atoms with van der Waals surface area (Å²) in [7, 11) is -2.18. The molecular formula is C19H29FN2O3S. The summed E-state index contributed by atoms with van der Waals surface area (Å²) in [4.78, 5) is 12.1. The molecule has 1 aliphatic rings. The van der Waals surface area contributed by atoms with Crippen LogP contribution in [0.1, 0.15) is 51.9 Å². The van der Waals surface area contributed by atoms with E-state index in [0.29, 0.717) is 12.8 Å². The van der Waals surface area contributed by atoms with Gasteiger partial charge in [0.2, 0.25) is 15.9 Å². The smallest absolute Gasteiger partial charge is 0.242 e. The second-order valence-corrected chi connectivity index (χ2v) is 9.12. The van der Waals surface area contributed by atoms with E-state index >= 15 is 0 Å². The molecule has 0 saturated heterocycles. The monoisotopic (exact) mass is 384 g/mol. The van der Waals surface area contributed by atoms with Gasteiger partial charge < -0.3 is 5.32 Å². The maximum atomic E-state index is 12.9. The minimum absolute atomic E-state index is 0.0162. The van der Waals surface area contributed by atoms with Crippen LogP contribution >= 0.6 is 0 Å². The molecule has 7 heteroatoms. The lowest BCUT2D eigenvalue weighted by molar-refractivity contribution is -0.122. The predicted molar refractivity (Wildman–Crippen MR) is 99.6 cm³/mol. The Morgan fingerprint density at radius 2 is 1.81 bits per heavy atom. The molecule has 0 atom stereocenters. The average Bonchev–Trinajstić information content (AvgIpc) is 2.62. The third kappa shape index (κ3) is 5.77. The van der Waals surface area contributed by atoms with E-state index in [1.807, 2.05) is 0 Å². The zero-order chi connectivity index (χ0) is 19.2. The number of nitrogens with zero attached hydrogens (tertiary/aromatic N) is 1. The van der Waals surface area contributed by atoms with Gasteiger partial charge in [-0.2, -0.15) is 0 Å². The first-order chi connectivity index (χ1) is 12.3. The fourth-order valence-corrected chi connectivity index (χ4v) is 4.59. The highest BCUT2D eigenvalue weighted by molar-refractivity contribution is 7.89. The summed E-state index contributed by atoms with van der Waals surface area (Å²) >= 11 is 0. The van der Waals surface area contributed by atoms with Crippen molar-refractivity contribution in [1.29, 1.82) is 0 Å². The second-order valence-electron chi connectivity index (χ2n) is 7.08. The van der Waals surface area contributed by atoms with Crippen LogP contribution in [0.25, 0.3) is 0 Å². The summed E-state index contributed by atoms with van der Waals surface area (Å²) in [5, 5.41) is 3.07. The first kappa shape index (κ1) is 20.8. The molecule has 5 nitrogen and oxygen atoms in total. The number of rotatable bonds is 8. The molecule has 1 aromatic carbocycles. The van der Waals surface area contributed by atoms with Crippen molar-refractivity contribution in [2.75, 3.05) is 13.6 Å². The highest BCUT2D eigenvalue weighted by Gasteiger charge is 2.22. The van der Waals surface area contributed by atoms with Gasteiger partial charge in [-0.25, -0.2) is 17.1 Å². The number of nitrogens with one attached hydrogen (secondary N) is 1. The summed E-state index contributed by atoms with van der Waals surface area (Å²) in [6.45, 7) is 2.45. The Hall–Kier alpha value is -1.47. The Labute approximate surface area is 156 Å². The topological polar surface area (TPSA) is 66.5 Å². The standard InChI is InChI=1S/C19H29FN2O3S/c1-3-15-6-10-17(11-7-15)21-19(23)5-4-14-22(2)26(24,25)18-12-8-16(20)9-13-18/h8-9,12-13,15,17H,3-7,10-11,14H2,1-2H3,(H,21,23). The van der Waals surface area contributed by atoms with Crippen LogP contribution < -0.4 is 5.32 Å². The number of hydrogen-bond donors (Lipinski definition) is 1. The SMILES string of the molecule is CCC1CCC(NC(=O)CCCN(C)S(=O)(=O)c2ccc(F)cc2)CC1. The van der Waals surface area contributed by atoms with Gasteiger partial charge in [-0.3, -0.25) is 4.79 Å². The number of amides is 1. The van der Waals surface area contributed by atoms with Crippen molar-refractivity contribution in [3.05, 3.63) is 30.1 Å². The van der Waals surface area contributed by atoms with Crippen molar-refractivity contribution in [2.24, 2.45) is 5.92 Å². The summed E-state index contributed by atoms with van der Waals surface area (Å²) in [5.74, 6) is 0.294. The zero-order valence-corrected chi connectivity index (χ0v) is 16.4. The van der Waals surface area contributed by atoms with Crippen molar-refractivity contribution < 1.29 is 17.6 Å². The van der Waals surface area contributed by atoms with Crippen LogP contribution in [0.15, 0.2) is 29.2 Å². The molecule has 0 radical (unpaired) electrons. The lowest BCUT2D eigenvalue weighted by Crippen LogP contribution is -2.38. The minimum atomic E-state index is -3.66. The molecule has 1 fully saturated rings. The van der Waals surface area contributed by atoms with Gasteiger partial charge in [-0.1, -0.05) is 13.3 Å². The maximum Gasteiger partial charge on any atom is 0.242 e. The minimum Gasteiger partial charge on any atom is -0.353 e. The lowest BCUT2D eigenvalue weighted by atomic mass is 9.84. The number of carbonyl (C=O) groups excluding carboxylic acids is 1. The zero-order valence-electron chi connectivity index (χ0n) is 15.6. The highest BCUT2D eigenvalue weighted by atomic mass is 32.2. The van der Waals surface area contributed by atoms with E-state index in [1.54, 1.807) is 0 Å². The van der Waals surface area contributed by atoms with Crippen LogP contribution in [0.5, 0.6) is 0 Å². The molecule has 146 valence electrons. The molecule has 1 aromatic rings. The maximum absolute atomic E-state index is 12.9. The molecule has 2 rings (SSSR count). The largest absolute Gasteiger partial charge is 0.353 e. The van der Waals surface area contributed by atoms with Gasteiger partial charge in [0.15, 0.2) is 0 Å². The second kappa shape index (κ2) is 9.46. The molecule has 0 aromatic heterocycles. The van der Waals surface area contributed by atoms with Crippen molar-refractivity contribution in [1.82, 2.24) is 9.62 Å². The Morgan fingerprint density at radius 3 is 2.38 bits per heavy atom. The van der Waals surface area contributed by atoms with Crippen LogP contribution in [0.4, 0.5) is 4.39 Å². The van der Waals surface area contributed by atoms with Crippen molar-refractivity contribution in [2.45, 2.75) is 62.8 Å². The summed E-state index contributed by atoms with van der Waals surface area (Å²) < 4.78 is 39.0. The third-order valence-electron chi connectivity index (χ3n) is 5.19. The molecule has 0 unspecified atom stereocenters. The summed E-state index contributed by atoms with van der Waals surface area (Å²) in [6.07, 6.45) is 6.35. The van der Waals surface area contributed by atoms with Crippen molar-refractivity contribution in [3.8, 4) is 0 Å². The normalized spacial score (nSPS) is 20.9. The molecular weight excluding hydrogens is 355 g/mol. The highest BCUT2D eigenvalue weighted by Crippen LogP contribution is 2.26. The molecule has 1 aliphatic carbocycles. The summed E-state index contributed by atoms with van der Waals surface area (Å²) in [5.41, 5.74) is 0. The Morgan fingerprint density at radius 1 is 1.19 bits per heavy atom. The fraction of sp³-hybridized carbons (Fsp3) is 0.632. The molecule has 1 saturated carbocycles.